The van der Waals surface area contributed by atoms with Crippen molar-refractivity contribution in [1.29, 1.82) is 0 Å². The Balaban J connectivity index is 2.07. The van der Waals surface area contributed by atoms with Crippen molar-refractivity contribution in [3.8, 4) is 0 Å². The van der Waals surface area contributed by atoms with Gasteiger partial charge in [0, 0.05) is 12.1 Å². The van der Waals surface area contributed by atoms with Gasteiger partial charge in [-0.2, -0.15) is 0 Å². The number of hydrogen-bond donors (Lipinski definition) is 2. The molecule has 17 heavy (non-hydrogen) atoms. The van der Waals surface area contributed by atoms with E-state index in [9.17, 15) is 4.79 Å². The van der Waals surface area contributed by atoms with Crippen LogP contribution in [0.2, 0.25) is 5.15 Å². The first-order valence-electron chi connectivity index (χ1n) is 5.81. The molecule has 1 amide bonds. The van der Waals surface area contributed by atoms with Crippen molar-refractivity contribution in [2.75, 3.05) is 18.4 Å². The fourth-order valence-electron chi connectivity index (χ4n) is 1.98. The Morgan fingerprint density at radius 1 is 1.53 bits per heavy atom. The number of halogens is 1. The predicted octanol–water partition coefficient (Wildman–Crippen LogP) is 1.98. The standard InChI is InChI=1S/C12H16ClN3O/c1-8-2-7-15-11(13)10(8)16-12(17)9-3-5-14-6-4-9/h2,7,9,14H,3-6H2,1H3,(H,16,17). The first-order chi connectivity index (χ1) is 8.18. The van der Waals surface area contributed by atoms with Gasteiger partial charge >= 0.3 is 0 Å². The summed E-state index contributed by atoms with van der Waals surface area (Å²) >= 11 is 5.97. The summed E-state index contributed by atoms with van der Waals surface area (Å²) in [5, 5.41) is 6.48. The van der Waals surface area contributed by atoms with Crippen LogP contribution in [-0.2, 0) is 4.79 Å². The zero-order valence-corrected chi connectivity index (χ0v) is 10.5. The molecule has 1 saturated heterocycles. The molecular formula is C12H16ClN3O. The van der Waals surface area contributed by atoms with Crippen molar-refractivity contribution in [1.82, 2.24) is 10.3 Å². The third-order valence-electron chi connectivity index (χ3n) is 3.07. The van der Waals surface area contributed by atoms with Crippen molar-refractivity contribution in [2.24, 2.45) is 5.92 Å². The topological polar surface area (TPSA) is 54.0 Å². The number of aryl methyl sites for hydroxylation is 1. The molecule has 92 valence electrons. The zero-order chi connectivity index (χ0) is 12.3. The summed E-state index contributed by atoms with van der Waals surface area (Å²) < 4.78 is 0. The van der Waals surface area contributed by atoms with E-state index >= 15 is 0 Å². The molecule has 0 spiro atoms. The zero-order valence-electron chi connectivity index (χ0n) is 9.79. The van der Waals surface area contributed by atoms with Crippen LogP contribution in [0.25, 0.3) is 0 Å². The Morgan fingerprint density at radius 2 is 2.24 bits per heavy atom. The molecule has 0 bridgehead atoms. The summed E-state index contributed by atoms with van der Waals surface area (Å²) in [4.78, 5) is 16.0. The Bertz CT molecular complexity index is 396. The lowest BCUT2D eigenvalue weighted by Crippen LogP contribution is -2.34. The van der Waals surface area contributed by atoms with Gasteiger partial charge < -0.3 is 10.6 Å². The van der Waals surface area contributed by atoms with Gasteiger partial charge in [0.15, 0.2) is 5.15 Å². The second kappa shape index (κ2) is 5.47. The van der Waals surface area contributed by atoms with Crippen molar-refractivity contribution in [3.63, 3.8) is 0 Å². The van der Waals surface area contributed by atoms with Gasteiger partial charge in [0.05, 0.1) is 5.69 Å². The molecule has 2 N–H and O–H groups in total. The molecule has 2 heterocycles. The third-order valence-corrected chi connectivity index (χ3v) is 3.36. The number of hydrogen-bond acceptors (Lipinski definition) is 3. The minimum atomic E-state index is 0.0458. The molecule has 1 aliphatic rings. The van der Waals surface area contributed by atoms with E-state index in [0.29, 0.717) is 10.8 Å². The summed E-state index contributed by atoms with van der Waals surface area (Å²) in [7, 11) is 0. The Kier molecular flexibility index (Phi) is 3.97. The van der Waals surface area contributed by atoms with Crippen LogP contribution in [0.15, 0.2) is 12.3 Å². The normalized spacial score (nSPS) is 16.8. The summed E-state index contributed by atoms with van der Waals surface area (Å²) in [5.74, 6) is 0.122. The lowest BCUT2D eigenvalue weighted by atomic mass is 9.97. The third kappa shape index (κ3) is 2.96. The van der Waals surface area contributed by atoms with E-state index in [-0.39, 0.29) is 11.8 Å². The fourth-order valence-corrected chi connectivity index (χ4v) is 2.24. The van der Waals surface area contributed by atoms with Crippen LogP contribution in [0.3, 0.4) is 0 Å². The van der Waals surface area contributed by atoms with E-state index < -0.39 is 0 Å². The highest BCUT2D eigenvalue weighted by Gasteiger charge is 2.22. The number of pyridine rings is 1. The van der Waals surface area contributed by atoms with Crippen molar-refractivity contribution < 1.29 is 4.79 Å². The lowest BCUT2D eigenvalue weighted by molar-refractivity contribution is -0.120. The SMILES string of the molecule is Cc1ccnc(Cl)c1NC(=O)C1CCNCC1. The molecule has 0 atom stereocenters. The van der Waals surface area contributed by atoms with Gasteiger partial charge in [0.2, 0.25) is 5.91 Å². The number of carbonyl (C=O) groups excluding carboxylic acids is 1. The number of carbonyl (C=O) groups is 1. The molecular weight excluding hydrogens is 238 g/mol. The molecule has 1 aromatic heterocycles. The van der Waals surface area contributed by atoms with Gasteiger partial charge in [-0.3, -0.25) is 4.79 Å². The molecule has 5 heteroatoms. The van der Waals surface area contributed by atoms with E-state index in [1.54, 1.807) is 6.20 Å². The molecule has 0 aromatic carbocycles. The molecule has 0 saturated carbocycles. The minimum Gasteiger partial charge on any atom is -0.323 e. The molecule has 0 unspecified atom stereocenters. The number of piperidine rings is 1. The van der Waals surface area contributed by atoms with Gasteiger partial charge in [-0.25, -0.2) is 4.98 Å². The maximum absolute atomic E-state index is 12.0. The van der Waals surface area contributed by atoms with Crippen LogP contribution >= 0.6 is 11.6 Å². The number of amides is 1. The molecule has 0 radical (unpaired) electrons. The fraction of sp³-hybridized carbons (Fsp3) is 0.500. The number of rotatable bonds is 2. The molecule has 4 nitrogen and oxygen atoms in total. The Morgan fingerprint density at radius 3 is 2.88 bits per heavy atom. The number of aromatic nitrogens is 1. The minimum absolute atomic E-state index is 0.0458. The maximum Gasteiger partial charge on any atom is 0.227 e. The highest BCUT2D eigenvalue weighted by atomic mass is 35.5. The largest absolute Gasteiger partial charge is 0.323 e. The van der Waals surface area contributed by atoms with E-state index in [0.717, 1.165) is 31.5 Å². The smallest absolute Gasteiger partial charge is 0.227 e. The Hall–Kier alpha value is -1.13. The van der Waals surface area contributed by atoms with Gasteiger partial charge in [-0.15, -0.1) is 0 Å². The van der Waals surface area contributed by atoms with Crippen LogP contribution in [0.1, 0.15) is 18.4 Å². The van der Waals surface area contributed by atoms with Gasteiger partial charge in [0.25, 0.3) is 0 Å². The van der Waals surface area contributed by atoms with Crippen LogP contribution in [0.4, 0.5) is 5.69 Å². The van der Waals surface area contributed by atoms with E-state index in [1.165, 1.54) is 0 Å². The average molecular weight is 254 g/mol. The highest BCUT2D eigenvalue weighted by molar-refractivity contribution is 6.32. The monoisotopic (exact) mass is 253 g/mol. The van der Waals surface area contributed by atoms with Crippen molar-refractivity contribution in [2.45, 2.75) is 19.8 Å². The van der Waals surface area contributed by atoms with E-state index in [1.807, 2.05) is 13.0 Å². The first kappa shape index (κ1) is 12.3. The van der Waals surface area contributed by atoms with Crippen LogP contribution < -0.4 is 10.6 Å². The number of anilines is 1. The lowest BCUT2D eigenvalue weighted by Gasteiger charge is -2.22. The van der Waals surface area contributed by atoms with Crippen LogP contribution in [-0.4, -0.2) is 24.0 Å². The first-order valence-corrected chi connectivity index (χ1v) is 6.19. The average Bonchev–Trinajstić information content (AvgIpc) is 2.35. The van der Waals surface area contributed by atoms with Crippen LogP contribution in [0.5, 0.6) is 0 Å². The summed E-state index contributed by atoms with van der Waals surface area (Å²) in [6.45, 7) is 3.71. The molecule has 1 fully saturated rings. The second-order valence-electron chi connectivity index (χ2n) is 4.31. The molecule has 1 aliphatic heterocycles. The van der Waals surface area contributed by atoms with E-state index in [4.69, 9.17) is 11.6 Å². The van der Waals surface area contributed by atoms with Gasteiger partial charge in [-0.05, 0) is 44.5 Å². The number of nitrogens with one attached hydrogen (secondary N) is 2. The van der Waals surface area contributed by atoms with Crippen molar-refractivity contribution in [3.05, 3.63) is 23.0 Å². The molecule has 2 rings (SSSR count). The number of nitrogens with zero attached hydrogens (tertiary/aromatic N) is 1. The summed E-state index contributed by atoms with van der Waals surface area (Å²) in [6.07, 6.45) is 3.39. The highest BCUT2D eigenvalue weighted by Crippen LogP contribution is 2.24. The quantitative estimate of drug-likeness (QED) is 0.793. The van der Waals surface area contributed by atoms with Gasteiger partial charge in [0.1, 0.15) is 0 Å². The molecule has 1 aromatic rings. The Labute approximate surface area is 106 Å². The van der Waals surface area contributed by atoms with Crippen molar-refractivity contribution >= 4 is 23.2 Å². The van der Waals surface area contributed by atoms with Crippen LogP contribution in [0, 0.1) is 12.8 Å². The predicted molar refractivity (Wildman–Crippen MR) is 68.2 cm³/mol. The van der Waals surface area contributed by atoms with E-state index in [2.05, 4.69) is 15.6 Å². The van der Waals surface area contributed by atoms with Gasteiger partial charge in [-0.1, -0.05) is 11.6 Å². The molecule has 0 aliphatic carbocycles. The summed E-state index contributed by atoms with van der Waals surface area (Å²) in [5.41, 5.74) is 1.57. The second-order valence-corrected chi connectivity index (χ2v) is 4.67. The maximum atomic E-state index is 12.0. The summed E-state index contributed by atoms with van der Waals surface area (Å²) in [6, 6.07) is 1.84.